The van der Waals surface area contributed by atoms with E-state index in [0.717, 1.165) is 25.7 Å². The predicted molar refractivity (Wildman–Crippen MR) is 61.9 cm³/mol. The van der Waals surface area contributed by atoms with Crippen LogP contribution < -0.4 is 11.1 Å². The first-order chi connectivity index (χ1) is 8.20. The Morgan fingerprint density at radius 1 is 1.53 bits per heavy atom. The van der Waals surface area contributed by atoms with Gasteiger partial charge in [-0.05, 0) is 30.5 Å². The van der Waals surface area contributed by atoms with Crippen LogP contribution in [0.1, 0.15) is 25.7 Å². The quantitative estimate of drug-likeness (QED) is 0.767. The first-order valence-electron chi connectivity index (χ1n) is 5.95. The highest BCUT2D eigenvalue weighted by atomic mass is 16.2. The summed E-state index contributed by atoms with van der Waals surface area (Å²) in [5.41, 5.74) is 5.70. The van der Waals surface area contributed by atoms with Crippen molar-refractivity contribution in [1.29, 1.82) is 0 Å². The fourth-order valence-electron chi connectivity index (χ4n) is 2.37. The number of nitrogens with zero attached hydrogens (tertiary/aromatic N) is 4. The molecule has 3 N–H and O–H groups in total. The van der Waals surface area contributed by atoms with Crippen LogP contribution in [-0.2, 0) is 11.8 Å². The van der Waals surface area contributed by atoms with Gasteiger partial charge in [0.25, 0.3) is 5.95 Å². The molecular weight excluding hydrogens is 220 g/mol. The molecule has 0 saturated heterocycles. The van der Waals surface area contributed by atoms with E-state index in [2.05, 4.69) is 20.7 Å². The number of carbonyl (C=O) groups is 1. The second-order valence-corrected chi connectivity index (χ2v) is 4.48. The van der Waals surface area contributed by atoms with E-state index in [-0.39, 0.29) is 23.7 Å². The standard InChI is InChI=1S/C10H18N6O/c1-16-14-10(13-15-16)12-9(17)8-5-3-2-4-7(8)6-11/h7-8H,2-6,11H2,1H3,(H,12,14,17). The number of aromatic nitrogens is 4. The number of rotatable bonds is 3. The van der Waals surface area contributed by atoms with Crippen molar-refractivity contribution >= 4 is 11.9 Å². The van der Waals surface area contributed by atoms with Gasteiger partial charge in [0.15, 0.2) is 0 Å². The molecule has 2 rings (SSSR count). The second kappa shape index (κ2) is 5.22. The monoisotopic (exact) mass is 238 g/mol. The minimum Gasteiger partial charge on any atom is -0.330 e. The van der Waals surface area contributed by atoms with Crippen LogP contribution >= 0.6 is 0 Å². The molecule has 1 aliphatic carbocycles. The second-order valence-electron chi connectivity index (χ2n) is 4.48. The van der Waals surface area contributed by atoms with Crippen molar-refractivity contribution in [2.24, 2.45) is 24.6 Å². The van der Waals surface area contributed by atoms with Crippen LogP contribution in [0, 0.1) is 11.8 Å². The lowest BCUT2D eigenvalue weighted by Gasteiger charge is -2.28. The maximum Gasteiger partial charge on any atom is 0.270 e. The molecule has 17 heavy (non-hydrogen) atoms. The molecule has 7 nitrogen and oxygen atoms in total. The minimum absolute atomic E-state index is 0.0162. The van der Waals surface area contributed by atoms with Crippen molar-refractivity contribution in [1.82, 2.24) is 20.2 Å². The third kappa shape index (κ3) is 2.79. The zero-order chi connectivity index (χ0) is 12.3. The van der Waals surface area contributed by atoms with E-state index < -0.39 is 0 Å². The van der Waals surface area contributed by atoms with Crippen molar-refractivity contribution in [3.63, 3.8) is 0 Å². The largest absolute Gasteiger partial charge is 0.330 e. The number of carbonyl (C=O) groups excluding carboxylic acids is 1. The highest BCUT2D eigenvalue weighted by Gasteiger charge is 2.30. The number of hydrogen-bond donors (Lipinski definition) is 2. The summed E-state index contributed by atoms with van der Waals surface area (Å²) in [6.07, 6.45) is 4.17. The molecule has 94 valence electrons. The molecule has 0 aliphatic heterocycles. The molecule has 1 heterocycles. The maximum atomic E-state index is 12.1. The van der Waals surface area contributed by atoms with E-state index in [1.807, 2.05) is 0 Å². The van der Waals surface area contributed by atoms with E-state index in [0.29, 0.717) is 6.54 Å². The predicted octanol–water partition coefficient (Wildman–Crippen LogP) is -0.0863. The molecule has 0 radical (unpaired) electrons. The molecule has 0 spiro atoms. The van der Waals surface area contributed by atoms with E-state index in [1.165, 1.54) is 4.80 Å². The molecule has 2 atom stereocenters. The lowest BCUT2D eigenvalue weighted by atomic mass is 9.79. The first-order valence-corrected chi connectivity index (χ1v) is 5.95. The first kappa shape index (κ1) is 12.0. The fraction of sp³-hybridized carbons (Fsp3) is 0.800. The Morgan fingerprint density at radius 2 is 2.29 bits per heavy atom. The van der Waals surface area contributed by atoms with Crippen molar-refractivity contribution in [3.05, 3.63) is 0 Å². The summed E-state index contributed by atoms with van der Waals surface area (Å²) in [5, 5.41) is 14.0. The average Bonchev–Trinajstić information content (AvgIpc) is 2.74. The Balaban J connectivity index is 1.98. The number of nitrogens with two attached hydrogens (primary N) is 1. The lowest BCUT2D eigenvalue weighted by Crippen LogP contribution is -2.35. The maximum absolute atomic E-state index is 12.1. The van der Waals surface area contributed by atoms with Gasteiger partial charge in [-0.2, -0.15) is 4.80 Å². The van der Waals surface area contributed by atoms with Gasteiger partial charge in [0, 0.05) is 5.92 Å². The van der Waals surface area contributed by atoms with Crippen molar-refractivity contribution in [2.45, 2.75) is 25.7 Å². The summed E-state index contributed by atoms with van der Waals surface area (Å²) in [6, 6.07) is 0. The molecule has 1 aromatic rings. The van der Waals surface area contributed by atoms with Crippen molar-refractivity contribution < 1.29 is 4.79 Å². The molecule has 1 amide bonds. The van der Waals surface area contributed by atoms with Crippen LogP contribution in [0.3, 0.4) is 0 Å². The normalized spacial score (nSPS) is 24.6. The topological polar surface area (TPSA) is 98.7 Å². The number of nitrogens with one attached hydrogen (secondary N) is 1. The Hall–Kier alpha value is -1.50. The van der Waals surface area contributed by atoms with Crippen LogP contribution in [0.5, 0.6) is 0 Å². The smallest absolute Gasteiger partial charge is 0.270 e. The van der Waals surface area contributed by atoms with E-state index in [9.17, 15) is 4.79 Å². The third-order valence-electron chi connectivity index (χ3n) is 3.29. The Morgan fingerprint density at radius 3 is 2.94 bits per heavy atom. The minimum atomic E-state index is -0.0341. The van der Waals surface area contributed by atoms with Gasteiger partial charge in [-0.15, -0.1) is 5.10 Å². The lowest BCUT2D eigenvalue weighted by molar-refractivity contribution is -0.122. The molecule has 7 heteroatoms. The van der Waals surface area contributed by atoms with Crippen LogP contribution in [-0.4, -0.2) is 32.7 Å². The van der Waals surface area contributed by atoms with Crippen molar-refractivity contribution in [3.8, 4) is 0 Å². The number of anilines is 1. The summed E-state index contributed by atoms with van der Waals surface area (Å²) in [6.45, 7) is 0.561. The number of tetrazole rings is 1. The number of hydrogen-bond acceptors (Lipinski definition) is 5. The highest BCUT2D eigenvalue weighted by molar-refractivity contribution is 5.91. The molecule has 1 aliphatic rings. The van der Waals surface area contributed by atoms with Gasteiger partial charge in [0.05, 0.1) is 7.05 Å². The summed E-state index contributed by atoms with van der Waals surface area (Å²) >= 11 is 0. The highest BCUT2D eigenvalue weighted by Crippen LogP contribution is 2.29. The zero-order valence-electron chi connectivity index (χ0n) is 9.96. The van der Waals surface area contributed by atoms with Crippen LogP contribution in [0.25, 0.3) is 0 Å². The van der Waals surface area contributed by atoms with Gasteiger partial charge in [-0.1, -0.05) is 17.9 Å². The van der Waals surface area contributed by atoms with Crippen LogP contribution in [0.4, 0.5) is 5.95 Å². The molecule has 0 bridgehead atoms. The Labute approximate surface area is 99.7 Å². The Kier molecular flexibility index (Phi) is 3.68. The molecule has 1 saturated carbocycles. The van der Waals surface area contributed by atoms with Gasteiger partial charge in [0.1, 0.15) is 0 Å². The van der Waals surface area contributed by atoms with Gasteiger partial charge in [0.2, 0.25) is 5.91 Å². The summed E-state index contributed by atoms with van der Waals surface area (Å²) in [7, 11) is 1.66. The van der Waals surface area contributed by atoms with Crippen molar-refractivity contribution in [2.75, 3.05) is 11.9 Å². The molecule has 2 unspecified atom stereocenters. The van der Waals surface area contributed by atoms with Crippen LogP contribution in [0.2, 0.25) is 0 Å². The van der Waals surface area contributed by atoms with Gasteiger partial charge < -0.3 is 5.73 Å². The SMILES string of the molecule is Cn1nnc(NC(=O)C2CCCCC2CN)n1. The van der Waals surface area contributed by atoms with E-state index >= 15 is 0 Å². The van der Waals surface area contributed by atoms with Crippen LogP contribution in [0.15, 0.2) is 0 Å². The number of amides is 1. The summed E-state index contributed by atoms with van der Waals surface area (Å²) < 4.78 is 0. The van der Waals surface area contributed by atoms with Gasteiger partial charge >= 0.3 is 0 Å². The van der Waals surface area contributed by atoms with E-state index in [4.69, 9.17) is 5.73 Å². The van der Waals surface area contributed by atoms with Gasteiger partial charge in [-0.3, -0.25) is 10.1 Å². The van der Waals surface area contributed by atoms with E-state index in [1.54, 1.807) is 7.05 Å². The summed E-state index contributed by atoms with van der Waals surface area (Å²) in [5.74, 6) is 0.491. The molecule has 1 fully saturated rings. The summed E-state index contributed by atoms with van der Waals surface area (Å²) in [4.78, 5) is 13.4. The molecule has 0 aromatic carbocycles. The van der Waals surface area contributed by atoms with Gasteiger partial charge in [-0.25, -0.2) is 0 Å². The molecule has 1 aromatic heterocycles. The zero-order valence-corrected chi connectivity index (χ0v) is 9.96. The Bertz CT molecular complexity index is 390. The fourth-order valence-corrected chi connectivity index (χ4v) is 2.37. The molecular formula is C10H18N6O. The average molecular weight is 238 g/mol. The number of aryl methyl sites for hydroxylation is 1. The third-order valence-corrected chi connectivity index (χ3v) is 3.29.